The van der Waals surface area contributed by atoms with E-state index >= 15 is 0 Å². The van der Waals surface area contributed by atoms with Crippen molar-refractivity contribution < 1.29 is 4.42 Å². The lowest BCUT2D eigenvalue weighted by Gasteiger charge is -2.38. The molecule has 2 fully saturated rings. The molecule has 2 N–H and O–H groups in total. The number of rotatable bonds is 2. The molecular formula is C13H15N3O. The number of aromatic nitrogens is 1. The van der Waals surface area contributed by atoms with E-state index in [9.17, 15) is 0 Å². The molecule has 88 valence electrons. The number of anilines is 1. The Balaban J connectivity index is 1.79. The molecule has 1 aliphatic heterocycles. The topological polar surface area (TPSA) is 55.3 Å². The molecule has 0 spiro atoms. The van der Waals surface area contributed by atoms with Gasteiger partial charge in [0.05, 0.1) is 5.69 Å². The first-order valence-corrected chi connectivity index (χ1v) is 6.21. The molecule has 1 saturated carbocycles. The molecular weight excluding hydrogens is 214 g/mol. The summed E-state index contributed by atoms with van der Waals surface area (Å²) in [7, 11) is 0. The van der Waals surface area contributed by atoms with Gasteiger partial charge in [-0.05, 0) is 25.0 Å². The van der Waals surface area contributed by atoms with Crippen molar-refractivity contribution in [2.45, 2.75) is 24.8 Å². The van der Waals surface area contributed by atoms with Crippen molar-refractivity contribution in [3.63, 3.8) is 0 Å². The van der Waals surface area contributed by atoms with Gasteiger partial charge in [0.15, 0.2) is 11.5 Å². The maximum absolute atomic E-state index is 5.92. The zero-order chi connectivity index (χ0) is 11.4. The summed E-state index contributed by atoms with van der Waals surface area (Å²) in [5.74, 6) is 1.48. The summed E-state index contributed by atoms with van der Waals surface area (Å²) in [6, 6.07) is 6.46. The highest BCUT2D eigenvalue weighted by Gasteiger charge is 2.31. The summed E-state index contributed by atoms with van der Waals surface area (Å²) in [5.41, 5.74) is 8.88. The normalized spacial score (nSPS) is 20.9. The van der Waals surface area contributed by atoms with Gasteiger partial charge in [-0.15, -0.1) is 0 Å². The third-order valence-electron chi connectivity index (χ3n) is 3.59. The first kappa shape index (κ1) is 9.48. The number of nitrogens with two attached hydrogens (primary N) is 1. The molecule has 0 unspecified atom stereocenters. The number of fused-ring (bicyclic) bond motifs is 1. The third-order valence-corrected chi connectivity index (χ3v) is 3.59. The largest absolute Gasteiger partial charge is 0.438 e. The van der Waals surface area contributed by atoms with E-state index in [-0.39, 0.29) is 0 Å². The van der Waals surface area contributed by atoms with Crippen LogP contribution in [0, 0.1) is 0 Å². The average Bonchev–Trinajstić information content (AvgIpc) is 3.04. The van der Waals surface area contributed by atoms with Crippen molar-refractivity contribution in [2.75, 3.05) is 18.0 Å². The van der Waals surface area contributed by atoms with Crippen LogP contribution in [0.4, 0.5) is 5.69 Å². The Kier molecular flexibility index (Phi) is 1.80. The van der Waals surface area contributed by atoms with Crippen LogP contribution >= 0.6 is 0 Å². The molecule has 0 amide bonds. The zero-order valence-electron chi connectivity index (χ0n) is 9.60. The van der Waals surface area contributed by atoms with E-state index in [2.05, 4.69) is 16.0 Å². The Morgan fingerprint density at radius 3 is 2.82 bits per heavy atom. The molecule has 1 aromatic carbocycles. The van der Waals surface area contributed by atoms with Gasteiger partial charge in [-0.25, -0.2) is 4.98 Å². The van der Waals surface area contributed by atoms with E-state index in [0.29, 0.717) is 12.0 Å². The van der Waals surface area contributed by atoms with Gasteiger partial charge < -0.3 is 15.1 Å². The lowest BCUT2D eigenvalue weighted by Crippen LogP contribution is -2.55. The number of hydrogen-bond donors (Lipinski definition) is 1. The molecule has 1 aromatic heterocycles. The van der Waals surface area contributed by atoms with E-state index in [0.717, 1.165) is 35.8 Å². The van der Waals surface area contributed by atoms with Crippen LogP contribution < -0.4 is 10.6 Å². The Bertz CT molecular complexity index is 567. The minimum Gasteiger partial charge on any atom is -0.438 e. The lowest BCUT2D eigenvalue weighted by molar-refractivity contribution is 0.506. The molecule has 17 heavy (non-hydrogen) atoms. The van der Waals surface area contributed by atoms with Crippen molar-refractivity contribution in [1.82, 2.24) is 4.98 Å². The molecule has 1 saturated heterocycles. The maximum atomic E-state index is 5.92. The zero-order valence-corrected chi connectivity index (χ0v) is 9.60. The van der Waals surface area contributed by atoms with Crippen molar-refractivity contribution in [2.24, 2.45) is 5.73 Å². The van der Waals surface area contributed by atoms with E-state index in [4.69, 9.17) is 10.2 Å². The van der Waals surface area contributed by atoms with Crippen LogP contribution in [0.1, 0.15) is 24.7 Å². The van der Waals surface area contributed by atoms with E-state index < -0.39 is 0 Å². The molecule has 4 rings (SSSR count). The van der Waals surface area contributed by atoms with Crippen LogP contribution in [-0.4, -0.2) is 24.1 Å². The Hall–Kier alpha value is -1.55. The summed E-state index contributed by atoms with van der Waals surface area (Å²) in [6.45, 7) is 1.83. The van der Waals surface area contributed by atoms with Crippen molar-refractivity contribution >= 4 is 16.8 Å². The highest BCUT2D eigenvalue weighted by molar-refractivity contribution is 5.87. The van der Waals surface area contributed by atoms with Gasteiger partial charge in [0.2, 0.25) is 0 Å². The molecule has 2 aromatic rings. The third kappa shape index (κ3) is 1.44. The molecule has 0 radical (unpaired) electrons. The number of para-hydroxylation sites is 1. The highest BCUT2D eigenvalue weighted by Crippen LogP contribution is 2.42. The van der Waals surface area contributed by atoms with Gasteiger partial charge in [0.25, 0.3) is 0 Å². The van der Waals surface area contributed by atoms with E-state index in [1.165, 1.54) is 12.8 Å². The van der Waals surface area contributed by atoms with Crippen molar-refractivity contribution in [3.8, 4) is 0 Å². The van der Waals surface area contributed by atoms with Gasteiger partial charge >= 0.3 is 0 Å². The standard InChI is InChI=1S/C13H15N3O/c14-9-6-16(7-9)11-3-1-2-10-12(11)17-13(15-10)8-4-5-8/h1-3,8-9H,4-7,14H2. The predicted octanol–water partition coefficient (Wildman–Crippen LogP) is 1.85. The van der Waals surface area contributed by atoms with E-state index in [1.807, 2.05) is 12.1 Å². The summed E-state index contributed by atoms with van der Waals surface area (Å²) >= 11 is 0. The first-order chi connectivity index (χ1) is 8.31. The molecule has 1 aliphatic carbocycles. The molecule has 4 nitrogen and oxygen atoms in total. The number of benzene rings is 1. The summed E-state index contributed by atoms with van der Waals surface area (Å²) < 4.78 is 5.92. The van der Waals surface area contributed by atoms with Crippen LogP contribution in [-0.2, 0) is 0 Å². The molecule has 2 heterocycles. The number of oxazole rings is 1. The van der Waals surface area contributed by atoms with Gasteiger partial charge in [-0.3, -0.25) is 0 Å². The van der Waals surface area contributed by atoms with Crippen LogP contribution in [0.3, 0.4) is 0 Å². The van der Waals surface area contributed by atoms with Gasteiger partial charge in [-0.1, -0.05) is 6.07 Å². The van der Waals surface area contributed by atoms with E-state index in [1.54, 1.807) is 0 Å². The fourth-order valence-corrected chi connectivity index (χ4v) is 2.42. The first-order valence-electron chi connectivity index (χ1n) is 6.21. The van der Waals surface area contributed by atoms with Gasteiger partial charge in [0, 0.05) is 25.0 Å². The quantitative estimate of drug-likeness (QED) is 0.854. The van der Waals surface area contributed by atoms with Gasteiger partial charge in [0.1, 0.15) is 5.52 Å². The number of nitrogens with zero attached hydrogens (tertiary/aromatic N) is 2. The lowest BCUT2D eigenvalue weighted by atomic mass is 10.1. The maximum Gasteiger partial charge on any atom is 0.198 e. The fourth-order valence-electron chi connectivity index (χ4n) is 2.42. The Morgan fingerprint density at radius 1 is 1.29 bits per heavy atom. The van der Waals surface area contributed by atoms with Crippen LogP contribution in [0.2, 0.25) is 0 Å². The fraction of sp³-hybridized carbons (Fsp3) is 0.462. The molecule has 4 heteroatoms. The monoisotopic (exact) mass is 229 g/mol. The molecule has 0 bridgehead atoms. The second-order valence-corrected chi connectivity index (χ2v) is 5.12. The van der Waals surface area contributed by atoms with Gasteiger partial charge in [-0.2, -0.15) is 0 Å². The van der Waals surface area contributed by atoms with Crippen LogP contribution in [0.15, 0.2) is 22.6 Å². The summed E-state index contributed by atoms with van der Waals surface area (Å²) in [4.78, 5) is 6.83. The average molecular weight is 229 g/mol. The van der Waals surface area contributed by atoms with Crippen molar-refractivity contribution in [3.05, 3.63) is 24.1 Å². The van der Waals surface area contributed by atoms with Crippen LogP contribution in [0.25, 0.3) is 11.1 Å². The molecule has 2 aliphatic rings. The highest BCUT2D eigenvalue weighted by atomic mass is 16.3. The van der Waals surface area contributed by atoms with Crippen LogP contribution in [0.5, 0.6) is 0 Å². The number of hydrogen-bond acceptors (Lipinski definition) is 4. The SMILES string of the molecule is NC1CN(c2cccc3nc(C4CC4)oc23)C1. The minimum atomic E-state index is 0.302. The Labute approximate surface area is 99.4 Å². The second kappa shape index (κ2) is 3.23. The Morgan fingerprint density at radius 2 is 2.12 bits per heavy atom. The molecule has 0 atom stereocenters. The summed E-state index contributed by atoms with van der Waals surface area (Å²) in [6.07, 6.45) is 2.44. The van der Waals surface area contributed by atoms with Crippen molar-refractivity contribution in [1.29, 1.82) is 0 Å². The second-order valence-electron chi connectivity index (χ2n) is 5.12. The minimum absolute atomic E-state index is 0.302. The predicted molar refractivity (Wildman–Crippen MR) is 66.2 cm³/mol. The summed E-state index contributed by atoms with van der Waals surface area (Å²) in [5, 5.41) is 0. The smallest absolute Gasteiger partial charge is 0.198 e.